The first-order chi connectivity index (χ1) is 8.41. The number of nitrogens with zero attached hydrogens (tertiary/aromatic N) is 3. The molecule has 0 saturated carbocycles. The van der Waals surface area contributed by atoms with Gasteiger partial charge in [-0.2, -0.15) is 0 Å². The molecule has 0 aromatic heterocycles. The maximum atomic E-state index is 2.47. The van der Waals surface area contributed by atoms with Gasteiger partial charge in [0.1, 0.15) is 0 Å². The lowest BCUT2D eigenvalue weighted by Gasteiger charge is -2.47. The van der Waals surface area contributed by atoms with Gasteiger partial charge in [-0.25, -0.2) is 0 Å². The number of hydrogen-bond acceptors (Lipinski definition) is 3. The molecule has 5 heteroatoms. The van der Waals surface area contributed by atoms with Crippen LogP contribution in [0.1, 0.15) is 11.1 Å². The minimum absolute atomic E-state index is 0.428. The lowest BCUT2D eigenvalue weighted by molar-refractivity contribution is 0.468. The van der Waals surface area contributed by atoms with Crippen molar-refractivity contribution < 1.29 is 0 Å². The van der Waals surface area contributed by atoms with Gasteiger partial charge in [0.2, 0.25) is 0 Å². The molecule has 3 nitrogen and oxygen atoms in total. The van der Waals surface area contributed by atoms with Crippen molar-refractivity contribution in [2.45, 2.75) is 27.5 Å². The first kappa shape index (κ1) is 13.5. The number of benzene rings is 1. The normalized spacial score (nSPS) is 18.7. The molecule has 18 heavy (non-hydrogen) atoms. The summed E-state index contributed by atoms with van der Waals surface area (Å²) < 4.78 is 2.41. The zero-order valence-electron chi connectivity index (χ0n) is 12.4. The van der Waals surface area contributed by atoms with E-state index in [9.17, 15) is 0 Å². The van der Waals surface area contributed by atoms with E-state index in [0.717, 1.165) is 6.67 Å². The van der Waals surface area contributed by atoms with E-state index >= 15 is 0 Å². The lowest BCUT2D eigenvalue weighted by atomic mass is 9.58. The summed E-state index contributed by atoms with van der Waals surface area (Å²) in [6.45, 7) is 10.8. The molecule has 0 aliphatic carbocycles. The van der Waals surface area contributed by atoms with Crippen molar-refractivity contribution in [1.82, 2.24) is 9.53 Å². The monoisotopic (exact) mass is 243 g/mol. The van der Waals surface area contributed by atoms with Crippen LogP contribution in [-0.4, -0.2) is 44.3 Å². The summed E-state index contributed by atoms with van der Waals surface area (Å²) in [4.78, 5) is 4.84. The highest BCUT2D eigenvalue weighted by Gasteiger charge is 2.37. The fourth-order valence-corrected chi connectivity index (χ4v) is 2.72. The van der Waals surface area contributed by atoms with Crippen molar-refractivity contribution >= 4 is 19.7 Å². The van der Waals surface area contributed by atoms with Crippen LogP contribution >= 0.6 is 0 Å². The molecule has 0 atom stereocenters. The number of anilines is 1. The fourth-order valence-electron chi connectivity index (χ4n) is 2.72. The second-order valence-corrected chi connectivity index (χ2v) is 5.59. The van der Waals surface area contributed by atoms with Gasteiger partial charge in [-0.15, -0.1) is 0 Å². The van der Waals surface area contributed by atoms with Gasteiger partial charge in [0.05, 0.1) is 6.67 Å². The Balaban J connectivity index is 2.32. The first-order valence-electron chi connectivity index (χ1n) is 6.68. The summed E-state index contributed by atoms with van der Waals surface area (Å²) in [6.07, 6.45) is 0. The molecule has 1 aromatic carbocycles. The van der Waals surface area contributed by atoms with E-state index in [1.807, 2.05) is 0 Å². The van der Waals surface area contributed by atoms with Crippen LogP contribution in [0.2, 0.25) is 13.6 Å². The molecular formula is C13H23B2N3. The smallest absolute Gasteiger partial charge is 0.330 e. The minimum Gasteiger partial charge on any atom is -0.390 e. The van der Waals surface area contributed by atoms with E-state index in [4.69, 9.17) is 0 Å². The van der Waals surface area contributed by atoms with Crippen molar-refractivity contribution in [2.24, 2.45) is 0 Å². The quantitative estimate of drug-likeness (QED) is 0.700. The first-order valence-corrected chi connectivity index (χ1v) is 6.68. The maximum absolute atomic E-state index is 2.47. The highest BCUT2D eigenvalue weighted by Crippen LogP contribution is 2.25. The van der Waals surface area contributed by atoms with Crippen molar-refractivity contribution in [3.05, 3.63) is 29.3 Å². The van der Waals surface area contributed by atoms with E-state index in [1.54, 1.807) is 0 Å². The summed E-state index contributed by atoms with van der Waals surface area (Å²) in [7, 11) is 4.38. The Morgan fingerprint density at radius 2 is 1.72 bits per heavy atom. The van der Waals surface area contributed by atoms with Gasteiger partial charge < -0.3 is 14.3 Å². The van der Waals surface area contributed by atoms with Crippen LogP contribution in [0.15, 0.2) is 18.2 Å². The van der Waals surface area contributed by atoms with Crippen LogP contribution in [0.5, 0.6) is 0 Å². The Labute approximate surface area is 112 Å². The van der Waals surface area contributed by atoms with E-state index in [2.05, 4.69) is 74.1 Å². The van der Waals surface area contributed by atoms with Crippen molar-refractivity contribution in [1.29, 1.82) is 0 Å². The summed E-state index contributed by atoms with van der Waals surface area (Å²) in [6, 6.07) is 6.71. The Morgan fingerprint density at radius 3 is 2.33 bits per heavy atom. The van der Waals surface area contributed by atoms with Crippen molar-refractivity contribution in [3.8, 4) is 0 Å². The standard InChI is InChI=1S/C13H23B2N3/c1-11-7-8-13(12(2)9-11)18-10-16(5)14(3)17(6)15(18)4/h7-9H,10H2,1-6H3. The number of aryl methyl sites for hydroxylation is 2. The molecule has 1 aliphatic rings. The Bertz CT molecular complexity index is 438. The van der Waals surface area contributed by atoms with Gasteiger partial charge in [-0.1, -0.05) is 31.3 Å². The van der Waals surface area contributed by atoms with E-state index in [1.165, 1.54) is 16.8 Å². The third kappa shape index (κ3) is 2.29. The topological polar surface area (TPSA) is 9.72 Å². The molecule has 0 amide bonds. The third-order valence-corrected chi connectivity index (χ3v) is 4.30. The molecule has 96 valence electrons. The van der Waals surface area contributed by atoms with E-state index in [0.29, 0.717) is 14.0 Å². The Morgan fingerprint density at radius 1 is 1.06 bits per heavy atom. The predicted molar refractivity (Wildman–Crippen MR) is 82.0 cm³/mol. The maximum Gasteiger partial charge on any atom is 0.330 e. The van der Waals surface area contributed by atoms with Gasteiger partial charge in [-0.05, 0) is 39.6 Å². The average molecular weight is 243 g/mol. The van der Waals surface area contributed by atoms with Crippen LogP contribution in [0.4, 0.5) is 5.69 Å². The molecule has 0 radical (unpaired) electrons. The molecule has 1 aliphatic heterocycles. The van der Waals surface area contributed by atoms with Crippen LogP contribution < -0.4 is 4.81 Å². The summed E-state index contributed by atoms with van der Waals surface area (Å²) in [5.41, 5.74) is 4.04. The SMILES string of the molecule is CB1N(C)CN(c2ccc(C)cc2C)B(C)N1C. The van der Waals surface area contributed by atoms with Gasteiger partial charge in [0, 0.05) is 5.69 Å². The Hall–Kier alpha value is -0.930. The largest absolute Gasteiger partial charge is 0.390 e. The molecular weight excluding hydrogens is 220 g/mol. The lowest BCUT2D eigenvalue weighted by Crippen LogP contribution is -2.67. The zero-order valence-corrected chi connectivity index (χ0v) is 12.4. The van der Waals surface area contributed by atoms with Crippen LogP contribution in [0.3, 0.4) is 0 Å². The number of hydrogen-bond donors (Lipinski definition) is 0. The van der Waals surface area contributed by atoms with Gasteiger partial charge in [0.15, 0.2) is 0 Å². The molecule has 1 saturated heterocycles. The van der Waals surface area contributed by atoms with Gasteiger partial charge >= 0.3 is 6.98 Å². The number of rotatable bonds is 1. The zero-order chi connectivity index (χ0) is 13.4. The van der Waals surface area contributed by atoms with E-state index < -0.39 is 0 Å². The summed E-state index contributed by atoms with van der Waals surface area (Å²) in [5, 5.41) is 0. The predicted octanol–water partition coefficient (Wildman–Crippen LogP) is 2.18. The second kappa shape index (κ2) is 4.98. The van der Waals surface area contributed by atoms with Crippen LogP contribution in [-0.2, 0) is 0 Å². The molecule has 0 bridgehead atoms. The van der Waals surface area contributed by atoms with Crippen LogP contribution in [0, 0.1) is 13.8 Å². The molecule has 2 rings (SSSR count). The highest BCUT2D eigenvalue weighted by molar-refractivity contribution is 6.73. The van der Waals surface area contributed by atoms with Crippen LogP contribution in [0.25, 0.3) is 0 Å². The molecule has 1 aromatic rings. The molecule has 0 N–H and O–H groups in total. The Kier molecular flexibility index (Phi) is 3.74. The minimum atomic E-state index is 0.428. The summed E-state index contributed by atoms with van der Waals surface area (Å²) in [5.74, 6) is 0. The van der Waals surface area contributed by atoms with E-state index in [-0.39, 0.29) is 0 Å². The molecule has 0 unspecified atom stereocenters. The molecule has 1 fully saturated rings. The second-order valence-electron chi connectivity index (χ2n) is 5.59. The third-order valence-electron chi connectivity index (χ3n) is 4.30. The molecule has 1 heterocycles. The van der Waals surface area contributed by atoms with Gasteiger partial charge in [0.25, 0.3) is 6.98 Å². The average Bonchev–Trinajstić information content (AvgIpc) is 2.32. The highest BCUT2D eigenvalue weighted by atomic mass is 15.4. The van der Waals surface area contributed by atoms with Crippen molar-refractivity contribution in [2.75, 3.05) is 25.6 Å². The van der Waals surface area contributed by atoms with Crippen molar-refractivity contribution in [3.63, 3.8) is 0 Å². The summed E-state index contributed by atoms with van der Waals surface area (Å²) >= 11 is 0. The molecule has 0 spiro atoms. The fraction of sp³-hybridized carbons (Fsp3) is 0.538. The van der Waals surface area contributed by atoms with Gasteiger partial charge in [-0.3, -0.25) is 0 Å².